The van der Waals surface area contributed by atoms with Gasteiger partial charge in [0.1, 0.15) is 5.82 Å². The van der Waals surface area contributed by atoms with Crippen LogP contribution in [0.25, 0.3) is 0 Å². The fourth-order valence-corrected chi connectivity index (χ4v) is 1.71. The van der Waals surface area contributed by atoms with Gasteiger partial charge in [0.2, 0.25) is 0 Å². The van der Waals surface area contributed by atoms with Gasteiger partial charge in [-0.3, -0.25) is 4.79 Å². The third kappa shape index (κ3) is 3.19. The van der Waals surface area contributed by atoms with Gasteiger partial charge in [0.05, 0.1) is 17.8 Å². The number of hydrogen-bond donors (Lipinski definition) is 3. The molecule has 1 aromatic carbocycles. The monoisotopic (exact) mass is 257 g/mol. The molecule has 0 aliphatic heterocycles. The molecule has 0 fully saturated rings. The second-order valence-corrected chi connectivity index (χ2v) is 4.12. The van der Waals surface area contributed by atoms with Crippen LogP contribution in [0.1, 0.15) is 21.9 Å². The number of primary amides is 1. The number of nitrogens with one attached hydrogen (secondary N) is 1. The smallest absolute Gasteiger partial charge is 0.250 e. The SMILES string of the molecule is Cc1nccc(CNc2cc(N)ccc2C(N)=O)n1. The first-order chi connectivity index (χ1) is 9.06. The Morgan fingerprint density at radius 1 is 1.37 bits per heavy atom. The lowest BCUT2D eigenvalue weighted by Crippen LogP contribution is -2.15. The molecule has 0 aliphatic rings. The molecule has 6 nitrogen and oxygen atoms in total. The number of carbonyl (C=O) groups is 1. The van der Waals surface area contributed by atoms with Crippen LogP contribution in [-0.4, -0.2) is 15.9 Å². The van der Waals surface area contributed by atoms with Crippen LogP contribution >= 0.6 is 0 Å². The van der Waals surface area contributed by atoms with Crippen LogP contribution in [0.15, 0.2) is 30.5 Å². The summed E-state index contributed by atoms with van der Waals surface area (Å²) in [6.07, 6.45) is 1.69. The first-order valence-corrected chi connectivity index (χ1v) is 5.78. The van der Waals surface area contributed by atoms with Crippen LogP contribution in [0.2, 0.25) is 0 Å². The molecule has 19 heavy (non-hydrogen) atoms. The van der Waals surface area contributed by atoms with Crippen molar-refractivity contribution in [3.05, 3.63) is 47.5 Å². The van der Waals surface area contributed by atoms with Gasteiger partial charge in [-0.15, -0.1) is 0 Å². The molecule has 0 saturated carbocycles. The number of hydrogen-bond acceptors (Lipinski definition) is 5. The maximum Gasteiger partial charge on any atom is 0.250 e. The molecule has 1 aromatic heterocycles. The average Bonchev–Trinajstić information content (AvgIpc) is 2.36. The predicted molar refractivity (Wildman–Crippen MR) is 73.5 cm³/mol. The summed E-state index contributed by atoms with van der Waals surface area (Å²) in [4.78, 5) is 19.6. The third-order valence-electron chi connectivity index (χ3n) is 2.60. The highest BCUT2D eigenvalue weighted by molar-refractivity contribution is 5.99. The van der Waals surface area contributed by atoms with Crippen molar-refractivity contribution < 1.29 is 4.79 Å². The highest BCUT2D eigenvalue weighted by atomic mass is 16.1. The quantitative estimate of drug-likeness (QED) is 0.710. The topological polar surface area (TPSA) is 107 Å². The standard InChI is InChI=1S/C13H15N5O/c1-8-16-5-4-10(18-8)7-17-12-6-9(14)2-3-11(12)13(15)19/h2-6,17H,7,14H2,1H3,(H2,15,19). The van der Waals surface area contributed by atoms with Gasteiger partial charge in [0.15, 0.2) is 0 Å². The van der Waals surface area contributed by atoms with E-state index in [2.05, 4.69) is 15.3 Å². The number of benzene rings is 1. The molecule has 1 amide bonds. The molecular formula is C13H15N5O. The Morgan fingerprint density at radius 3 is 2.84 bits per heavy atom. The predicted octanol–water partition coefficient (Wildman–Crippen LogP) is 1.08. The third-order valence-corrected chi connectivity index (χ3v) is 2.60. The maximum absolute atomic E-state index is 11.3. The van der Waals surface area contributed by atoms with Crippen molar-refractivity contribution in [1.29, 1.82) is 0 Å². The van der Waals surface area contributed by atoms with E-state index < -0.39 is 5.91 Å². The fourth-order valence-electron chi connectivity index (χ4n) is 1.71. The minimum Gasteiger partial charge on any atom is -0.399 e. The van der Waals surface area contributed by atoms with Crippen molar-refractivity contribution in [2.45, 2.75) is 13.5 Å². The number of aryl methyl sites for hydroxylation is 1. The summed E-state index contributed by atoms with van der Waals surface area (Å²) in [6, 6.07) is 6.72. The van der Waals surface area contributed by atoms with Gasteiger partial charge in [-0.1, -0.05) is 0 Å². The van der Waals surface area contributed by atoms with Crippen LogP contribution in [-0.2, 0) is 6.54 Å². The van der Waals surface area contributed by atoms with Crippen molar-refractivity contribution in [3.63, 3.8) is 0 Å². The Bertz CT molecular complexity index is 612. The lowest BCUT2D eigenvalue weighted by atomic mass is 10.1. The largest absolute Gasteiger partial charge is 0.399 e. The molecule has 98 valence electrons. The number of nitrogens with two attached hydrogens (primary N) is 2. The van der Waals surface area contributed by atoms with Gasteiger partial charge in [0, 0.05) is 17.6 Å². The second-order valence-electron chi connectivity index (χ2n) is 4.12. The first-order valence-electron chi connectivity index (χ1n) is 5.78. The number of anilines is 2. The number of amides is 1. The van der Waals surface area contributed by atoms with Gasteiger partial charge < -0.3 is 16.8 Å². The summed E-state index contributed by atoms with van der Waals surface area (Å²) in [5.74, 6) is 0.198. The van der Waals surface area contributed by atoms with E-state index in [1.165, 1.54) is 0 Å². The molecule has 5 N–H and O–H groups in total. The molecule has 2 rings (SSSR count). The van der Waals surface area contributed by atoms with Crippen molar-refractivity contribution in [1.82, 2.24) is 9.97 Å². The molecule has 0 saturated heterocycles. The number of rotatable bonds is 4. The molecule has 0 bridgehead atoms. The van der Waals surface area contributed by atoms with Crippen molar-refractivity contribution in [3.8, 4) is 0 Å². The molecule has 6 heteroatoms. The van der Waals surface area contributed by atoms with Gasteiger partial charge in [-0.25, -0.2) is 9.97 Å². The summed E-state index contributed by atoms with van der Waals surface area (Å²) in [5, 5.41) is 3.11. The van der Waals surface area contributed by atoms with Crippen LogP contribution in [0.5, 0.6) is 0 Å². The fraction of sp³-hybridized carbons (Fsp3) is 0.154. The number of nitrogens with zero attached hydrogens (tertiary/aromatic N) is 2. The number of carbonyl (C=O) groups excluding carboxylic acids is 1. The maximum atomic E-state index is 11.3. The Kier molecular flexibility index (Phi) is 3.61. The zero-order valence-electron chi connectivity index (χ0n) is 10.6. The van der Waals surface area contributed by atoms with E-state index in [1.807, 2.05) is 6.92 Å². The summed E-state index contributed by atoms with van der Waals surface area (Å²) in [7, 11) is 0. The summed E-state index contributed by atoms with van der Waals surface area (Å²) in [6.45, 7) is 2.28. The lowest BCUT2D eigenvalue weighted by molar-refractivity contribution is 0.100. The average molecular weight is 257 g/mol. The highest BCUT2D eigenvalue weighted by Crippen LogP contribution is 2.19. The van der Waals surface area contributed by atoms with Gasteiger partial charge >= 0.3 is 0 Å². The molecule has 0 atom stereocenters. The molecular weight excluding hydrogens is 242 g/mol. The van der Waals surface area contributed by atoms with E-state index in [-0.39, 0.29) is 0 Å². The van der Waals surface area contributed by atoms with E-state index in [4.69, 9.17) is 11.5 Å². The van der Waals surface area contributed by atoms with Crippen LogP contribution in [0, 0.1) is 6.92 Å². The molecule has 0 aliphatic carbocycles. The van der Waals surface area contributed by atoms with Gasteiger partial charge in [-0.2, -0.15) is 0 Å². The first kappa shape index (κ1) is 12.8. The van der Waals surface area contributed by atoms with Crippen LogP contribution in [0.3, 0.4) is 0 Å². The summed E-state index contributed by atoms with van der Waals surface area (Å²) in [5.41, 5.74) is 13.4. The highest BCUT2D eigenvalue weighted by Gasteiger charge is 2.08. The molecule has 0 unspecified atom stereocenters. The zero-order chi connectivity index (χ0) is 13.8. The zero-order valence-corrected chi connectivity index (χ0v) is 10.6. The van der Waals surface area contributed by atoms with Crippen molar-refractivity contribution >= 4 is 17.3 Å². The Balaban J connectivity index is 2.19. The Morgan fingerprint density at radius 2 is 2.16 bits per heavy atom. The van der Waals surface area contributed by atoms with Gasteiger partial charge in [0.25, 0.3) is 5.91 Å². The minimum atomic E-state index is -0.499. The lowest BCUT2D eigenvalue weighted by Gasteiger charge is -2.10. The summed E-state index contributed by atoms with van der Waals surface area (Å²) >= 11 is 0. The van der Waals surface area contributed by atoms with Crippen LogP contribution < -0.4 is 16.8 Å². The van der Waals surface area contributed by atoms with E-state index >= 15 is 0 Å². The van der Waals surface area contributed by atoms with Gasteiger partial charge in [-0.05, 0) is 31.2 Å². The van der Waals surface area contributed by atoms with Crippen molar-refractivity contribution in [2.75, 3.05) is 11.1 Å². The van der Waals surface area contributed by atoms with E-state index in [0.717, 1.165) is 5.69 Å². The summed E-state index contributed by atoms with van der Waals surface area (Å²) < 4.78 is 0. The molecule has 0 spiro atoms. The Labute approximate surface area is 110 Å². The molecule has 0 radical (unpaired) electrons. The Hall–Kier alpha value is -2.63. The minimum absolute atomic E-state index is 0.403. The second kappa shape index (κ2) is 5.34. The number of nitrogen functional groups attached to an aromatic ring is 1. The number of aromatic nitrogens is 2. The van der Waals surface area contributed by atoms with E-state index in [0.29, 0.717) is 29.3 Å². The molecule has 1 heterocycles. The van der Waals surface area contributed by atoms with E-state index in [1.54, 1.807) is 30.5 Å². The van der Waals surface area contributed by atoms with Crippen molar-refractivity contribution in [2.24, 2.45) is 5.73 Å². The normalized spacial score (nSPS) is 10.2. The van der Waals surface area contributed by atoms with Crippen LogP contribution in [0.4, 0.5) is 11.4 Å². The molecule has 2 aromatic rings. The van der Waals surface area contributed by atoms with E-state index in [9.17, 15) is 4.79 Å².